The van der Waals surface area contributed by atoms with Gasteiger partial charge in [-0.15, -0.1) is 0 Å². The van der Waals surface area contributed by atoms with Gasteiger partial charge < -0.3 is 5.32 Å². The van der Waals surface area contributed by atoms with Crippen molar-refractivity contribution >= 4 is 26.0 Å². The summed E-state index contributed by atoms with van der Waals surface area (Å²) in [6, 6.07) is 14.5. The van der Waals surface area contributed by atoms with Gasteiger partial charge in [-0.05, 0) is 37.6 Å². The summed E-state index contributed by atoms with van der Waals surface area (Å²) in [5, 5.41) is 2.85. The number of hydrogen-bond donors (Lipinski definition) is 1. The van der Waals surface area contributed by atoms with E-state index in [9.17, 15) is 21.6 Å². The molecule has 1 aliphatic rings. The third kappa shape index (κ3) is 5.20. The molecule has 2 atom stereocenters. The van der Waals surface area contributed by atoms with Crippen LogP contribution in [0.15, 0.2) is 70.5 Å². The molecule has 2 aromatic rings. The fourth-order valence-corrected chi connectivity index (χ4v) is 6.82. The largest absolute Gasteiger partial charge is 0.352 e. The second-order valence-electron chi connectivity index (χ2n) is 7.82. The molecule has 0 aliphatic carbocycles. The Bertz CT molecular complexity index is 1120. The van der Waals surface area contributed by atoms with Crippen molar-refractivity contribution in [2.45, 2.75) is 48.6 Å². The number of carbonyl (C=O) groups excluding carboxylic acids is 1. The van der Waals surface area contributed by atoms with Gasteiger partial charge in [0, 0.05) is 25.7 Å². The summed E-state index contributed by atoms with van der Waals surface area (Å²) in [6.07, 6.45) is 1.59. The van der Waals surface area contributed by atoms with Gasteiger partial charge in [0.25, 0.3) is 0 Å². The third-order valence-corrected chi connectivity index (χ3v) is 9.24. The van der Waals surface area contributed by atoms with Crippen molar-refractivity contribution in [3.63, 3.8) is 0 Å². The first-order valence-corrected chi connectivity index (χ1v) is 13.5. The number of sulfonamides is 2. The van der Waals surface area contributed by atoms with Crippen LogP contribution in [0.4, 0.5) is 0 Å². The predicted octanol–water partition coefficient (Wildman–Crippen LogP) is 2.06. The molecule has 1 amide bonds. The zero-order valence-corrected chi connectivity index (χ0v) is 19.8. The first-order chi connectivity index (χ1) is 15.2. The molecule has 0 bridgehead atoms. The summed E-state index contributed by atoms with van der Waals surface area (Å²) in [5.74, 6) is -0.501. The second-order valence-corrected chi connectivity index (χ2v) is 11.6. The third-order valence-electron chi connectivity index (χ3n) is 5.44. The van der Waals surface area contributed by atoms with Gasteiger partial charge >= 0.3 is 0 Å². The Labute approximate surface area is 190 Å². The molecule has 1 saturated heterocycles. The molecule has 0 spiro atoms. The van der Waals surface area contributed by atoms with E-state index in [4.69, 9.17) is 0 Å². The quantitative estimate of drug-likeness (QED) is 0.624. The lowest BCUT2D eigenvalue weighted by Gasteiger charge is -2.39. The lowest BCUT2D eigenvalue weighted by molar-refractivity contribution is -0.126. The lowest BCUT2D eigenvalue weighted by atomic mass is 10.1. The maximum atomic E-state index is 13.3. The van der Waals surface area contributed by atoms with Crippen molar-refractivity contribution in [3.8, 4) is 0 Å². The number of rotatable bonds is 8. The maximum Gasteiger partial charge on any atom is 0.243 e. The van der Waals surface area contributed by atoms with Gasteiger partial charge in [-0.2, -0.15) is 8.61 Å². The van der Waals surface area contributed by atoms with Crippen LogP contribution in [-0.2, 0) is 24.8 Å². The van der Waals surface area contributed by atoms with Crippen molar-refractivity contribution in [1.82, 2.24) is 13.9 Å². The van der Waals surface area contributed by atoms with Crippen molar-refractivity contribution < 1.29 is 21.6 Å². The van der Waals surface area contributed by atoms with Gasteiger partial charge in [-0.1, -0.05) is 49.7 Å². The number of nitrogens with one attached hydrogen (secondary N) is 1. The summed E-state index contributed by atoms with van der Waals surface area (Å²) in [6.45, 7) is 3.41. The highest BCUT2D eigenvalue weighted by Crippen LogP contribution is 2.25. The number of amides is 1. The molecule has 1 fully saturated rings. The molecule has 8 nitrogen and oxygen atoms in total. The van der Waals surface area contributed by atoms with E-state index in [2.05, 4.69) is 5.32 Å². The van der Waals surface area contributed by atoms with E-state index in [0.717, 1.165) is 17.1 Å². The molecule has 2 aromatic carbocycles. The molecule has 10 heteroatoms. The number of nitrogens with zero attached hydrogens (tertiary/aromatic N) is 2. The van der Waals surface area contributed by atoms with Gasteiger partial charge in [-0.3, -0.25) is 4.79 Å². The zero-order valence-electron chi connectivity index (χ0n) is 18.2. The molecule has 3 rings (SSSR count). The first-order valence-electron chi connectivity index (χ1n) is 10.6. The molecule has 0 radical (unpaired) electrons. The highest BCUT2D eigenvalue weighted by Gasteiger charge is 2.43. The van der Waals surface area contributed by atoms with Gasteiger partial charge in [-0.25, -0.2) is 16.8 Å². The number of carbonyl (C=O) groups is 1. The minimum Gasteiger partial charge on any atom is -0.352 e. The molecule has 1 heterocycles. The fourth-order valence-electron chi connectivity index (χ4n) is 3.77. The summed E-state index contributed by atoms with van der Waals surface area (Å²) in [5.41, 5.74) is 0. The molecule has 1 aliphatic heterocycles. The van der Waals surface area contributed by atoms with Crippen LogP contribution in [0.5, 0.6) is 0 Å². The fraction of sp³-hybridized carbons (Fsp3) is 0.409. The number of piperazine rings is 1. The molecule has 1 N–H and O–H groups in total. The second kappa shape index (κ2) is 10.1. The Hall–Kier alpha value is -2.27. The van der Waals surface area contributed by atoms with Crippen molar-refractivity contribution in [2.24, 2.45) is 0 Å². The van der Waals surface area contributed by atoms with Crippen molar-refractivity contribution in [2.75, 3.05) is 19.6 Å². The van der Waals surface area contributed by atoms with E-state index in [1.165, 1.54) is 28.6 Å². The highest BCUT2D eigenvalue weighted by molar-refractivity contribution is 7.89. The lowest BCUT2D eigenvalue weighted by Crippen LogP contribution is -2.61. The standard InChI is InChI=1S/C22H29N3O5S2/c1-3-10-18(2)23-22(26)21-17-24(31(27,28)19-11-6-4-7-12-19)15-16-25(21)32(29,30)20-13-8-5-9-14-20/h4-9,11-14,18,21H,3,10,15-17H2,1-2H3,(H,23,26)/t18-,21+/m0/s1. The summed E-state index contributed by atoms with van der Waals surface area (Å²) in [7, 11) is -7.86. The molecule has 0 aromatic heterocycles. The van der Waals surface area contributed by atoms with Gasteiger partial charge in [0.1, 0.15) is 6.04 Å². The first kappa shape index (κ1) is 24.4. The van der Waals surface area contributed by atoms with Crippen molar-refractivity contribution in [1.29, 1.82) is 0 Å². The molecule has 174 valence electrons. The highest BCUT2D eigenvalue weighted by atomic mass is 32.2. The Morgan fingerprint density at radius 2 is 1.47 bits per heavy atom. The topological polar surface area (TPSA) is 104 Å². The van der Waals surface area contributed by atoms with Crippen LogP contribution in [0.2, 0.25) is 0 Å². The predicted molar refractivity (Wildman–Crippen MR) is 122 cm³/mol. The Morgan fingerprint density at radius 1 is 0.938 bits per heavy atom. The van der Waals surface area contributed by atoms with E-state index in [-0.39, 0.29) is 35.5 Å². The minimum atomic E-state index is -3.99. The Balaban J connectivity index is 1.94. The van der Waals surface area contributed by atoms with Crippen LogP contribution in [0.25, 0.3) is 0 Å². The van der Waals surface area contributed by atoms with Crippen LogP contribution >= 0.6 is 0 Å². The Kier molecular flexibility index (Phi) is 7.71. The minimum absolute atomic E-state index is 0.0441. The molecule has 0 unspecified atom stereocenters. The average Bonchev–Trinajstić information content (AvgIpc) is 2.80. The van der Waals surface area contributed by atoms with Crippen LogP contribution in [0.3, 0.4) is 0 Å². The van der Waals surface area contributed by atoms with Gasteiger partial charge in [0.2, 0.25) is 26.0 Å². The smallest absolute Gasteiger partial charge is 0.243 e. The van der Waals surface area contributed by atoms with Crippen LogP contribution in [0.1, 0.15) is 26.7 Å². The van der Waals surface area contributed by atoms with E-state index in [0.29, 0.717) is 0 Å². The SMILES string of the molecule is CCC[C@H](C)NC(=O)[C@H]1CN(S(=O)(=O)c2ccccc2)CCN1S(=O)(=O)c1ccccc1. The van der Waals surface area contributed by atoms with E-state index in [1.807, 2.05) is 13.8 Å². The summed E-state index contributed by atoms with van der Waals surface area (Å²) < 4.78 is 55.2. The van der Waals surface area contributed by atoms with Crippen LogP contribution in [-0.4, -0.2) is 63.1 Å². The normalized spacial score (nSPS) is 19.4. The number of hydrogen-bond acceptors (Lipinski definition) is 5. The molecule has 0 saturated carbocycles. The number of benzene rings is 2. The summed E-state index contributed by atoms with van der Waals surface area (Å²) >= 11 is 0. The molecular weight excluding hydrogens is 450 g/mol. The van der Waals surface area contributed by atoms with Gasteiger partial charge in [0.05, 0.1) is 9.79 Å². The maximum absolute atomic E-state index is 13.3. The summed E-state index contributed by atoms with van der Waals surface area (Å²) in [4.78, 5) is 13.3. The van der Waals surface area contributed by atoms with Crippen LogP contribution < -0.4 is 5.32 Å². The Morgan fingerprint density at radius 3 is 2.00 bits per heavy atom. The van der Waals surface area contributed by atoms with E-state index >= 15 is 0 Å². The molecular formula is C22H29N3O5S2. The average molecular weight is 480 g/mol. The van der Waals surface area contributed by atoms with Crippen LogP contribution in [0, 0.1) is 0 Å². The van der Waals surface area contributed by atoms with E-state index in [1.54, 1.807) is 36.4 Å². The van der Waals surface area contributed by atoms with Gasteiger partial charge in [0.15, 0.2) is 0 Å². The monoisotopic (exact) mass is 479 g/mol. The zero-order chi connectivity index (χ0) is 23.4. The van der Waals surface area contributed by atoms with Crippen molar-refractivity contribution in [3.05, 3.63) is 60.7 Å². The molecule has 32 heavy (non-hydrogen) atoms. The van der Waals surface area contributed by atoms with E-state index < -0.39 is 32.0 Å².